The fourth-order valence-corrected chi connectivity index (χ4v) is 2.25. The van der Waals surface area contributed by atoms with Crippen LogP contribution in [0.4, 0.5) is 5.69 Å². The van der Waals surface area contributed by atoms with E-state index in [2.05, 4.69) is 5.32 Å². The molecule has 0 aliphatic heterocycles. The molecule has 5 heteroatoms. The molecule has 2 aromatic rings. The van der Waals surface area contributed by atoms with E-state index in [1.54, 1.807) is 31.4 Å². The summed E-state index contributed by atoms with van der Waals surface area (Å²) in [5.41, 5.74) is 1.60. The minimum atomic E-state index is -0.252. The van der Waals surface area contributed by atoms with Crippen LogP contribution in [0.1, 0.15) is 12.5 Å². The largest absolute Gasteiger partial charge is 0.495 e. The first-order chi connectivity index (χ1) is 10.6. The normalized spacial score (nSPS) is 10.1. The lowest BCUT2D eigenvalue weighted by molar-refractivity contribution is -0.118. The molecule has 22 heavy (non-hydrogen) atoms. The summed E-state index contributed by atoms with van der Waals surface area (Å²) in [6.07, 6.45) is 0.809. The zero-order valence-electron chi connectivity index (χ0n) is 12.6. The number of carbonyl (C=O) groups is 1. The SMILES string of the molecule is CCc1cc(OCC(=O)Nc2ccccc2OC)ccc1Cl. The summed E-state index contributed by atoms with van der Waals surface area (Å²) in [6.45, 7) is 1.93. The van der Waals surface area contributed by atoms with Gasteiger partial charge in [-0.15, -0.1) is 0 Å². The summed E-state index contributed by atoms with van der Waals surface area (Å²) in [5, 5.41) is 3.46. The van der Waals surface area contributed by atoms with Crippen LogP contribution in [0.5, 0.6) is 11.5 Å². The van der Waals surface area contributed by atoms with Crippen LogP contribution in [0, 0.1) is 0 Å². The Bertz CT molecular complexity index is 658. The Morgan fingerprint density at radius 3 is 2.73 bits per heavy atom. The van der Waals surface area contributed by atoms with E-state index in [0.29, 0.717) is 22.2 Å². The van der Waals surface area contributed by atoms with Crippen LogP contribution in [0.25, 0.3) is 0 Å². The lowest BCUT2D eigenvalue weighted by Gasteiger charge is -2.11. The molecule has 0 saturated carbocycles. The third kappa shape index (κ3) is 4.15. The van der Waals surface area contributed by atoms with Crippen molar-refractivity contribution in [2.75, 3.05) is 19.0 Å². The number of hydrogen-bond acceptors (Lipinski definition) is 3. The number of aryl methyl sites for hydroxylation is 1. The molecular formula is C17H18ClNO3. The molecular weight excluding hydrogens is 302 g/mol. The zero-order chi connectivity index (χ0) is 15.9. The number of rotatable bonds is 6. The second-order valence-electron chi connectivity index (χ2n) is 4.64. The van der Waals surface area contributed by atoms with Crippen LogP contribution in [-0.2, 0) is 11.2 Å². The van der Waals surface area contributed by atoms with Crippen molar-refractivity contribution in [3.8, 4) is 11.5 Å². The molecule has 0 heterocycles. The van der Waals surface area contributed by atoms with Gasteiger partial charge in [0.25, 0.3) is 5.91 Å². The molecule has 2 rings (SSSR count). The van der Waals surface area contributed by atoms with Crippen LogP contribution >= 0.6 is 11.6 Å². The summed E-state index contributed by atoms with van der Waals surface area (Å²) in [6, 6.07) is 12.6. The Balaban J connectivity index is 1.95. The van der Waals surface area contributed by atoms with Gasteiger partial charge in [-0.1, -0.05) is 30.7 Å². The van der Waals surface area contributed by atoms with Crippen LogP contribution in [-0.4, -0.2) is 19.6 Å². The highest BCUT2D eigenvalue weighted by Gasteiger charge is 2.08. The highest BCUT2D eigenvalue weighted by atomic mass is 35.5. The number of methoxy groups -OCH3 is 1. The van der Waals surface area contributed by atoms with E-state index >= 15 is 0 Å². The number of benzene rings is 2. The van der Waals surface area contributed by atoms with Gasteiger partial charge in [-0.25, -0.2) is 0 Å². The van der Waals surface area contributed by atoms with E-state index in [4.69, 9.17) is 21.1 Å². The first kappa shape index (κ1) is 16.2. The highest BCUT2D eigenvalue weighted by Crippen LogP contribution is 2.24. The summed E-state index contributed by atoms with van der Waals surface area (Å²) in [7, 11) is 1.56. The number of nitrogens with one attached hydrogen (secondary N) is 1. The quantitative estimate of drug-likeness (QED) is 0.877. The maximum absolute atomic E-state index is 12.0. The van der Waals surface area contributed by atoms with Crippen LogP contribution in [0.2, 0.25) is 5.02 Å². The third-order valence-electron chi connectivity index (χ3n) is 3.15. The maximum atomic E-state index is 12.0. The van der Waals surface area contributed by atoms with Crippen molar-refractivity contribution in [3.63, 3.8) is 0 Å². The first-order valence-electron chi connectivity index (χ1n) is 6.98. The molecule has 1 N–H and O–H groups in total. The van der Waals surface area contributed by atoms with Gasteiger partial charge < -0.3 is 14.8 Å². The summed E-state index contributed by atoms with van der Waals surface area (Å²) in [5.74, 6) is 0.976. The Kier molecular flexibility index (Phi) is 5.67. The number of hydrogen-bond donors (Lipinski definition) is 1. The monoisotopic (exact) mass is 319 g/mol. The first-order valence-corrected chi connectivity index (χ1v) is 7.36. The van der Waals surface area contributed by atoms with E-state index in [9.17, 15) is 4.79 Å². The predicted octanol–water partition coefficient (Wildman–Crippen LogP) is 3.93. The molecule has 0 aromatic heterocycles. The van der Waals surface area contributed by atoms with E-state index in [1.165, 1.54) is 0 Å². The molecule has 0 spiro atoms. The van der Waals surface area contributed by atoms with Crippen LogP contribution < -0.4 is 14.8 Å². The number of ether oxygens (including phenoxy) is 2. The van der Waals surface area contributed by atoms with Crippen molar-refractivity contribution in [2.45, 2.75) is 13.3 Å². The number of para-hydroxylation sites is 2. The molecule has 0 aliphatic rings. The van der Waals surface area contributed by atoms with E-state index in [1.807, 2.05) is 25.1 Å². The number of anilines is 1. The van der Waals surface area contributed by atoms with Gasteiger partial charge >= 0.3 is 0 Å². The summed E-state index contributed by atoms with van der Waals surface area (Å²) in [4.78, 5) is 12.0. The van der Waals surface area contributed by atoms with Gasteiger partial charge in [-0.05, 0) is 42.3 Å². The smallest absolute Gasteiger partial charge is 0.262 e. The number of halogens is 1. The Morgan fingerprint density at radius 1 is 1.23 bits per heavy atom. The van der Waals surface area contributed by atoms with Gasteiger partial charge in [0, 0.05) is 5.02 Å². The molecule has 2 aromatic carbocycles. The van der Waals surface area contributed by atoms with E-state index < -0.39 is 0 Å². The van der Waals surface area contributed by atoms with Crippen LogP contribution in [0.3, 0.4) is 0 Å². The van der Waals surface area contributed by atoms with Crippen molar-refractivity contribution in [3.05, 3.63) is 53.1 Å². The lowest BCUT2D eigenvalue weighted by atomic mass is 10.1. The van der Waals surface area contributed by atoms with Gasteiger partial charge in [-0.2, -0.15) is 0 Å². The van der Waals surface area contributed by atoms with Crippen molar-refractivity contribution in [1.82, 2.24) is 0 Å². The molecule has 0 aliphatic carbocycles. The zero-order valence-corrected chi connectivity index (χ0v) is 13.3. The topological polar surface area (TPSA) is 47.6 Å². The Morgan fingerprint density at radius 2 is 2.00 bits per heavy atom. The van der Waals surface area contributed by atoms with Gasteiger partial charge in [-0.3, -0.25) is 4.79 Å². The fourth-order valence-electron chi connectivity index (χ4n) is 1.99. The van der Waals surface area contributed by atoms with Crippen LogP contribution in [0.15, 0.2) is 42.5 Å². The Labute approximate surface area is 135 Å². The van der Waals surface area contributed by atoms with Crippen molar-refractivity contribution in [1.29, 1.82) is 0 Å². The molecule has 0 saturated heterocycles. The minimum absolute atomic E-state index is 0.0805. The van der Waals surface area contributed by atoms with E-state index in [0.717, 1.165) is 12.0 Å². The molecule has 0 fully saturated rings. The van der Waals surface area contributed by atoms with Crippen molar-refractivity contribution >= 4 is 23.2 Å². The average Bonchev–Trinajstić information content (AvgIpc) is 2.54. The minimum Gasteiger partial charge on any atom is -0.495 e. The van der Waals surface area contributed by atoms with Crippen molar-refractivity contribution in [2.24, 2.45) is 0 Å². The van der Waals surface area contributed by atoms with Gasteiger partial charge in [0.2, 0.25) is 0 Å². The van der Waals surface area contributed by atoms with E-state index in [-0.39, 0.29) is 12.5 Å². The number of amides is 1. The van der Waals surface area contributed by atoms with Gasteiger partial charge in [0.1, 0.15) is 11.5 Å². The Hall–Kier alpha value is -2.20. The predicted molar refractivity (Wildman–Crippen MR) is 87.9 cm³/mol. The molecule has 0 atom stereocenters. The standard InChI is InChI=1S/C17H18ClNO3/c1-3-12-10-13(8-9-14(12)18)22-11-17(20)19-15-6-4-5-7-16(15)21-2/h4-10H,3,11H2,1-2H3,(H,19,20). The number of carbonyl (C=O) groups excluding carboxylic acids is 1. The molecule has 4 nitrogen and oxygen atoms in total. The molecule has 0 unspecified atom stereocenters. The van der Waals surface area contributed by atoms with Gasteiger partial charge in [0.05, 0.1) is 12.8 Å². The third-order valence-corrected chi connectivity index (χ3v) is 3.52. The maximum Gasteiger partial charge on any atom is 0.262 e. The summed E-state index contributed by atoms with van der Waals surface area (Å²) >= 11 is 6.05. The molecule has 1 amide bonds. The second-order valence-corrected chi connectivity index (χ2v) is 5.05. The highest BCUT2D eigenvalue weighted by molar-refractivity contribution is 6.31. The lowest BCUT2D eigenvalue weighted by Crippen LogP contribution is -2.20. The van der Waals surface area contributed by atoms with Gasteiger partial charge in [0.15, 0.2) is 6.61 Å². The molecule has 0 radical (unpaired) electrons. The average molecular weight is 320 g/mol. The second kappa shape index (κ2) is 7.71. The molecule has 0 bridgehead atoms. The fraction of sp³-hybridized carbons (Fsp3) is 0.235. The van der Waals surface area contributed by atoms with Crippen molar-refractivity contribution < 1.29 is 14.3 Å². The summed E-state index contributed by atoms with van der Waals surface area (Å²) < 4.78 is 10.7. The molecule has 116 valence electrons.